The Morgan fingerprint density at radius 2 is 1.20 bits per heavy atom. The standard InChI is InChI=1S/C10H27N5/c1-4-7(11)10(15,8(12)5-2)9(13,14)6-3/h7-8H,4-6,11-15H2,1-3H3. The minimum Gasteiger partial charge on any atom is -0.326 e. The maximum absolute atomic E-state index is 6.29. The molecule has 2 unspecified atom stereocenters. The van der Waals surface area contributed by atoms with Crippen LogP contribution in [0, 0.1) is 0 Å². The van der Waals surface area contributed by atoms with Gasteiger partial charge in [0, 0.05) is 12.1 Å². The SMILES string of the molecule is CCC(N)C(N)(C(N)CC)C(N)(N)CC. The highest BCUT2D eigenvalue weighted by Gasteiger charge is 2.49. The number of hydrogen-bond acceptors (Lipinski definition) is 5. The maximum atomic E-state index is 6.29. The molecule has 0 aliphatic heterocycles. The molecule has 0 aromatic rings. The minimum absolute atomic E-state index is 0.289. The van der Waals surface area contributed by atoms with Crippen LogP contribution >= 0.6 is 0 Å². The van der Waals surface area contributed by atoms with Crippen molar-refractivity contribution in [1.82, 2.24) is 0 Å². The molecule has 0 spiro atoms. The molecular weight excluding hydrogens is 190 g/mol. The lowest BCUT2D eigenvalue weighted by molar-refractivity contribution is 0.139. The third kappa shape index (κ3) is 2.49. The van der Waals surface area contributed by atoms with Gasteiger partial charge in [0.2, 0.25) is 0 Å². The summed E-state index contributed by atoms with van der Waals surface area (Å²) in [4.78, 5) is 0. The zero-order chi connectivity index (χ0) is 12.3. The summed E-state index contributed by atoms with van der Waals surface area (Å²) in [7, 11) is 0. The van der Waals surface area contributed by atoms with Crippen molar-refractivity contribution in [2.45, 2.75) is 63.3 Å². The van der Waals surface area contributed by atoms with E-state index in [1.165, 1.54) is 0 Å². The summed E-state index contributed by atoms with van der Waals surface area (Å²) in [5, 5.41) is 0. The monoisotopic (exact) mass is 217 g/mol. The van der Waals surface area contributed by atoms with Crippen molar-refractivity contribution in [2.24, 2.45) is 28.7 Å². The Morgan fingerprint density at radius 1 is 0.867 bits per heavy atom. The van der Waals surface area contributed by atoms with E-state index in [0.29, 0.717) is 19.3 Å². The lowest BCUT2D eigenvalue weighted by Gasteiger charge is -2.50. The Balaban J connectivity index is 5.19. The molecule has 0 saturated heterocycles. The van der Waals surface area contributed by atoms with Gasteiger partial charge in [-0.2, -0.15) is 0 Å². The zero-order valence-electron chi connectivity index (χ0n) is 10.2. The molecule has 0 saturated carbocycles. The fraction of sp³-hybridized carbons (Fsp3) is 1.00. The summed E-state index contributed by atoms with van der Waals surface area (Å²) in [6, 6.07) is -0.579. The van der Waals surface area contributed by atoms with E-state index in [1.54, 1.807) is 0 Å². The second kappa shape index (κ2) is 5.23. The first-order valence-electron chi connectivity index (χ1n) is 5.65. The molecule has 0 aliphatic rings. The van der Waals surface area contributed by atoms with E-state index in [4.69, 9.17) is 28.7 Å². The Morgan fingerprint density at radius 3 is 1.40 bits per heavy atom. The molecule has 92 valence electrons. The Kier molecular flexibility index (Phi) is 5.16. The predicted molar refractivity (Wildman–Crippen MR) is 64.8 cm³/mol. The zero-order valence-corrected chi connectivity index (χ0v) is 10.2. The van der Waals surface area contributed by atoms with E-state index >= 15 is 0 Å². The molecule has 5 heteroatoms. The topological polar surface area (TPSA) is 130 Å². The molecule has 2 atom stereocenters. The van der Waals surface area contributed by atoms with Crippen LogP contribution < -0.4 is 28.7 Å². The van der Waals surface area contributed by atoms with Crippen molar-refractivity contribution in [1.29, 1.82) is 0 Å². The second-order valence-electron chi connectivity index (χ2n) is 4.36. The summed E-state index contributed by atoms with van der Waals surface area (Å²) in [5.74, 6) is 0. The average Bonchev–Trinajstić information content (AvgIpc) is 2.25. The highest BCUT2D eigenvalue weighted by molar-refractivity contribution is 5.13. The largest absolute Gasteiger partial charge is 0.326 e. The molecule has 0 bridgehead atoms. The second-order valence-corrected chi connectivity index (χ2v) is 4.36. The molecule has 0 rings (SSSR count). The van der Waals surface area contributed by atoms with Crippen molar-refractivity contribution >= 4 is 0 Å². The fourth-order valence-electron chi connectivity index (χ4n) is 1.95. The van der Waals surface area contributed by atoms with Gasteiger partial charge in [-0.1, -0.05) is 20.8 Å². The van der Waals surface area contributed by atoms with Crippen LogP contribution in [0.4, 0.5) is 0 Å². The summed E-state index contributed by atoms with van der Waals surface area (Å²) in [5.41, 5.74) is 28.5. The van der Waals surface area contributed by atoms with Crippen LogP contribution in [0.2, 0.25) is 0 Å². The summed E-state index contributed by atoms with van der Waals surface area (Å²) in [6.45, 7) is 5.81. The highest BCUT2D eigenvalue weighted by atomic mass is 15.1. The smallest absolute Gasteiger partial charge is 0.0849 e. The van der Waals surface area contributed by atoms with Crippen molar-refractivity contribution in [3.05, 3.63) is 0 Å². The first kappa shape index (κ1) is 14.8. The van der Waals surface area contributed by atoms with Gasteiger partial charge in [-0.05, 0) is 19.3 Å². The first-order chi connectivity index (χ1) is 6.77. The summed E-state index contributed by atoms with van der Waals surface area (Å²) >= 11 is 0. The molecule has 10 N–H and O–H groups in total. The molecular formula is C10H27N5. The van der Waals surface area contributed by atoms with E-state index < -0.39 is 11.2 Å². The van der Waals surface area contributed by atoms with E-state index in [-0.39, 0.29) is 12.1 Å². The van der Waals surface area contributed by atoms with Gasteiger partial charge in [0.15, 0.2) is 0 Å². The van der Waals surface area contributed by atoms with Gasteiger partial charge in [0.1, 0.15) is 0 Å². The van der Waals surface area contributed by atoms with Crippen LogP contribution in [0.25, 0.3) is 0 Å². The van der Waals surface area contributed by atoms with Crippen LogP contribution in [0.5, 0.6) is 0 Å². The number of nitrogens with two attached hydrogens (primary N) is 5. The first-order valence-corrected chi connectivity index (χ1v) is 5.65. The molecule has 0 aromatic carbocycles. The minimum atomic E-state index is -1.03. The normalized spacial score (nSPS) is 20.8. The van der Waals surface area contributed by atoms with Gasteiger partial charge in [0.05, 0.1) is 11.2 Å². The Labute approximate surface area is 92.7 Å². The van der Waals surface area contributed by atoms with Gasteiger partial charge in [0.25, 0.3) is 0 Å². The molecule has 0 aromatic heterocycles. The van der Waals surface area contributed by atoms with Crippen molar-refractivity contribution in [3.8, 4) is 0 Å². The molecule has 15 heavy (non-hydrogen) atoms. The van der Waals surface area contributed by atoms with Crippen LogP contribution in [0.3, 0.4) is 0 Å². The molecule has 0 heterocycles. The lowest BCUT2D eigenvalue weighted by atomic mass is 9.71. The summed E-state index contributed by atoms with van der Waals surface area (Å²) < 4.78 is 0. The molecule has 0 fully saturated rings. The Bertz CT molecular complexity index is 182. The molecule has 0 radical (unpaired) electrons. The quantitative estimate of drug-likeness (QED) is 0.371. The van der Waals surface area contributed by atoms with Crippen LogP contribution in [-0.4, -0.2) is 23.3 Å². The van der Waals surface area contributed by atoms with Crippen molar-refractivity contribution in [2.75, 3.05) is 0 Å². The third-order valence-corrected chi connectivity index (χ3v) is 3.50. The van der Waals surface area contributed by atoms with Gasteiger partial charge < -0.3 is 28.7 Å². The van der Waals surface area contributed by atoms with Gasteiger partial charge in [-0.15, -0.1) is 0 Å². The van der Waals surface area contributed by atoms with Crippen molar-refractivity contribution in [3.63, 3.8) is 0 Å². The molecule has 5 nitrogen and oxygen atoms in total. The van der Waals surface area contributed by atoms with Gasteiger partial charge >= 0.3 is 0 Å². The highest BCUT2D eigenvalue weighted by Crippen LogP contribution is 2.25. The van der Waals surface area contributed by atoms with Gasteiger partial charge in [-0.3, -0.25) is 0 Å². The fourth-order valence-corrected chi connectivity index (χ4v) is 1.95. The van der Waals surface area contributed by atoms with Crippen LogP contribution in [0.15, 0.2) is 0 Å². The summed E-state index contributed by atoms with van der Waals surface area (Å²) in [6.07, 6.45) is 1.96. The van der Waals surface area contributed by atoms with E-state index in [1.807, 2.05) is 20.8 Å². The molecule has 0 amide bonds. The number of hydrogen-bond donors (Lipinski definition) is 5. The van der Waals surface area contributed by atoms with E-state index in [9.17, 15) is 0 Å². The van der Waals surface area contributed by atoms with Crippen LogP contribution in [-0.2, 0) is 0 Å². The van der Waals surface area contributed by atoms with E-state index in [2.05, 4.69) is 0 Å². The average molecular weight is 217 g/mol. The predicted octanol–water partition coefficient (Wildman–Crippen LogP) is -0.818. The molecule has 0 aliphatic carbocycles. The Hall–Kier alpha value is -0.200. The van der Waals surface area contributed by atoms with Crippen molar-refractivity contribution < 1.29 is 0 Å². The van der Waals surface area contributed by atoms with E-state index in [0.717, 1.165) is 0 Å². The van der Waals surface area contributed by atoms with Gasteiger partial charge in [-0.25, -0.2) is 0 Å². The lowest BCUT2D eigenvalue weighted by Crippen LogP contribution is -2.82. The van der Waals surface area contributed by atoms with Crippen LogP contribution in [0.1, 0.15) is 40.0 Å². The third-order valence-electron chi connectivity index (χ3n) is 3.50. The maximum Gasteiger partial charge on any atom is 0.0849 e. The number of rotatable bonds is 6.